The molecule has 0 amide bonds. The normalized spacial score (nSPS) is 16.2. The van der Waals surface area contributed by atoms with Crippen molar-refractivity contribution in [3.05, 3.63) is 113 Å². The van der Waals surface area contributed by atoms with E-state index in [1.165, 1.54) is 39.0 Å². The zero-order valence-corrected chi connectivity index (χ0v) is 20.8. The molecule has 0 spiro atoms. The molecule has 1 heteroatoms. The van der Waals surface area contributed by atoms with Crippen molar-refractivity contribution < 1.29 is 0 Å². The summed E-state index contributed by atoms with van der Waals surface area (Å²) in [6.45, 7) is 17.2. The average molecular weight is 434 g/mol. The maximum absolute atomic E-state index is 3.99. The monoisotopic (exact) mass is 433 g/mol. The molecule has 0 fully saturated rings. The van der Waals surface area contributed by atoms with Gasteiger partial charge in [0.15, 0.2) is 0 Å². The number of anilines is 2. The molecule has 0 heterocycles. The highest BCUT2D eigenvalue weighted by Gasteiger charge is 2.35. The molecule has 0 saturated carbocycles. The summed E-state index contributed by atoms with van der Waals surface area (Å²) in [5, 5.41) is 3.65. The summed E-state index contributed by atoms with van der Waals surface area (Å²) >= 11 is 0. The van der Waals surface area contributed by atoms with Crippen LogP contribution >= 0.6 is 0 Å². The number of fused-ring (bicyclic) bond motifs is 4. The van der Waals surface area contributed by atoms with Crippen molar-refractivity contribution >= 4 is 17.5 Å². The Balaban J connectivity index is 0.000000601. The lowest BCUT2D eigenvalue weighted by atomic mass is 9.81. The number of nitrogens with one attached hydrogen (secondary N) is 1. The Labute approximate surface area is 199 Å². The minimum atomic E-state index is -0.00363. The predicted octanol–water partition coefficient (Wildman–Crippen LogP) is 9.18. The fourth-order valence-corrected chi connectivity index (χ4v) is 5.07. The van der Waals surface area contributed by atoms with Crippen molar-refractivity contribution in [2.45, 2.75) is 52.4 Å². The van der Waals surface area contributed by atoms with Crippen LogP contribution in [0.1, 0.15) is 63.8 Å². The first-order valence-electron chi connectivity index (χ1n) is 11.8. The van der Waals surface area contributed by atoms with Gasteiger partial charge in [-0.1, -0.05) is 95.0 Å². The molecule has 0 unspecified atom stereocenters. The highest BCUT2D eigenvalue weighted by Crippen LogP contribution is 2.49. The Hall–Kier alpha value is -3.32. The molecule has 2 aliphatic rings. The summed E-state index contributed by atoms with van der Waals surface area (Å²) < 4.78 is 0. The van der Waals surface area contributed by atoms with E-state index in [1.807, 2.05) is 32.1 Å². The summed E-state index contributed by atoms with van der Waals surface area (Å²) in [6, 6.07) is 22.2. The lowest BCUT2D eigenvalue weighted by molar-refractivity contribution is 0.655. The van der Waals surface area contributed by atoms with Crippen LogP contribution in [-0.4, -0.2) is 0 Å². The fourth-order valence-electron chi connectivity index (χ4n) is 5.07. The van der Waals surface area contributed by atoms with E-state index in [0.717, 1.165) is 11.4 Å². The first kappa shape index (κ1) is 22.9. The first-order chi connectivity index (χ1) is 15.7. The van der Waals surface area contributed by atoms with Crippen LogP contribution < -0.4 is 5.32 Å². The minimum Gasteiger partial charge on any atom is -0.356 e. The van der Waals surface area contributed by atoms with Gasteiger partial charge in [-0.15, -0.1) is 0 Å². The smallest absolute Gasteiger partial charge is 0.0387 e. The molecule has 3 aromatic rings. The summed E-state index contributed by atoms with van der Waals surface area (Å²) in [5.41, 5.74) is 11.7. The van der Waals surface area contributed by atoms with Gasteiger partial charge in [-0.3, -0.25) is 0 Å². The molecule has 0 radical (unpaired) electrons. The SMILES string of the molecule is C/C=C\C.C=CC1=Cc2ccc(Nc3ccc4c(c3)C(C)(C)c3ccccc3-4)cc2C1(C)C. The lowest BCUT2D eigenvalue weighted by Crippen LogP contribution is -2.16. The van der Waals surface area contributed by atoms with E-state index in [-0.39, 0.29) is 10.8 Å². The van der Waals surface area contributed by atoms with Crippen LogP contribution in [0.2, 0.25) is 0 Å². The molecule has 1 N–H and O–H groups in total. The van der Waals surface area contributed by atoms with Crippen molar-refractivity contribution in [3.8, 4) is 11.1 Å². The average Bonchev–Trinajstić information content (AvgIpc) is 3.21. The van der Waals surface area contributed by atoms with Crippen molar-refractivity contribution in [3.63, 3.8) is 0 Å². The molecule has 2 aliphatic carbocycles. The number of allylic oxidation sites excluding steroid dienone is 4. The number of rotatable bonds is 3. The van der Waals surface area contributed by atoms with Crippen molar-refractivity contribution in [2.24, 2.45) is 0 Å². The van der Waals surface area contributed by atoms with E-state index in [1.54, 1.807) is 0 Å². The van der Waals surface area contributed by atoms with E-state index in [0.29, 0.717) is 0 Å². The predicted molar refractivity (Wildman–Crippen MR) is 145 cm³/mol. The third-order valence-electron chi connectivity index (χ3n) is 7.18. The summed E-state index contributed by atoms with van der Waals surface area (Å²) in [5.74, 6) is 0. The van der Waals surface area contributed by atoms with Crippen LogP contribution in [0.3, 0.4) is 0 Å². The van der Waals surface area contributed by atoms with Crippen LogP contribution in [0.4, 0.5) is 11.4 Å². The molecular formula is C32H35N. The van der Waals surface area contributed by atoms with Gasteiger partial charge in [0, 0.05) is 22.2 Å². The van der Waals surface area contributed by atoms with Crippen molar-refractivity contribution in [2.75, 3.05) is 5.32 Å². The third kappa shape index (κ3) is 3.86. The minimum absolute atomic E-state index is 0.00363. The maximum Gasteiger partial charge on any atom is 0.0387 e. The zero-order chi connectivity index (χ0) is 23.8. The Kier molecular flexibility index (Phi) is 5.93. The lowest BCUT2D eigenvalue weighted by Gasteiger charge is -2.24. The van der Waals surface area contributed by atoms with Gasteiger partial charge in [-0.25, -0.2) is 0 Å². The summed E-state index contributed by atoms with van der Waals surface area (Å²) in [7, 11) is 0. The van der Waals surface area contributed by atoms with Crippen LogP contribution in [0.15, 0.2) is 91.0 Å². The van der Waals surface area contributed by atoms with Gasteiger partial charge in [-0.05, 0) is 77.1 Å². The molecule has 3 aromatic carbocycles. The second kappa shape index (κ2) is 8.56. The Morgan fingerprint density at radius 2 is 1.30 bits per heavy atom. The molecule has 168 valence electrons. The Bertz CT molecular complexity index is 1260. The van der Waals surface area contributed by atoms with Crippen LogP contribution in [0.25, 0.3) is 17.2 Å². The molecule has 33 heavy (non-hydrogen) atoms. The second-order valence-corrected chi connectivity index (χ2v) is 9.95. The topological polar surface area (TPSA) is 12.0 Å². The van der Waals surface area contributed by atoms with E-state index in [4.69, 9.17) is 0 Å². The second-order valence-electron chi connectivity index (χ2n) is 9.95. The Morgan fingerprint density at radius 1 is 0.697 bits per heavy atom. The third-order valence-corrected chi connectivity index (χ3v) is 7.18. The molecular weight excluding hydrogens is 398 g/mol. The quantitative estimate of drug-likeness (QED) is 0.406. The Morgan fingerprint density at radius 3 is 1.97 bits per heavy atom. The van der Waals surface area contributed by atoms with Gasteiger partial charge in [0.2, 0.25) is 0 Å². The molecule has 0 atom stereocenters. The van der Waals surface area contributed by atoms with Gasteiger partial charge < -0.3 is 5.32 Å². The highest BCUT2D eigenvalue weighted by atomic mass is 14.9. The van der Waals surface area contributed by atoms with Crippen molar-refractivity contribution in [1.29, 1.82) is 0 Å². The van der Waals surface area contributed by atoms with Gasteiger partial charge in [-0.2, -0.15) is 0 Å². The van der Waals surface area contributed by atoms with Gasteiger partial charge in [0.05, 0.1) is 0 Å². The largest absolute Gasteiger partial charge is 0.356 e. The first-order valence-corrected chi connectivity index (χ1v) is 11.8. The van der Waals surface area contributed by atoms with E-state index in [9.17, 15) is 0 Å². The molecule has 5 rings (SSSR count). The summed E-state index contributed by atoms with van der Waals surface area (Å²) in [4.78, 5) is 0. The molecule has 0 aliphatic heterocycles. The van der Waals surface area contributed by atoms with E-state index >= 15 is 0 Å². The van der Waals surface area contributed by atoms with Crippen LogP contribution in [-0.2, 0) is 10.8 Å². The molecule has 0 saturated heterocycles. The van der Waals surface area contributed by atoms with Gasteiger partial charge >= 0.3 is 0 Å². The number of hydrogen-bond donors (Lipinski definition) is 1. The van der Waals surface area contributed by atoms with Crippen LogP contribution in [0.5, 0.6) is 0 Å². The molecule has 0 bridgehead atoms. The van der Waals surface area contributed by atoms with Crippen molar-refractivity contribution in [1.82, 2.24) is 0 Å². The number of hydrogen-bond acceptors (Lipinski definition) is 1. The van der Waals surface area contributed by atoms with E-state index < -0.39 is 0 Å². The standard InChI is InChI=1S/C28H27N.C4H8/c1-6-19-15-18-11-12-20(16-25(18)27(19,2)3)29-21-13-14-23-22-9-7-8-10-24(22)28(4,5)26(23)17-21;1-3-4-2/h6-17,29H,1H2,2-5H3;3-4H,1-2H3/b;4-3-. The van der Waals surface area contributed by atoms with Crippen LogP contribution in [0, 0.1) is 0 Å². The van der Waals surface area contributed by atoms with Gasteiger partial charge in [0.1, 0.15) is 0 Å². The van der Waals surface area contributed by atoms with E-state index in [2.05, 4.69) is 106 Å². The fraction of sp³-hybridized carbons (Fsp3) is 0.250. The molecule has 1 nitrogen and oxygen atoms in total. The zero-order valence-electron chi connectivity index (χ0n) is 20.8. The van der Waals surface area contributed by atoms with Gasteiger partial charge in [0.25, 0.3) is 0 Å². The molecule has 0 aromatic heterocycles. The highest BCUT2D eigenvalue weighted by molar-refractivity contribution is 5.83. The number of benzene rings is 3. The summed E-state index contributed by atoms with van der Waals surface area (Å²) in [6.07, 6.45) is 8.23. The maximum atomic E-state index is 3.99.